The van der Waals surface area contributed by atoms with Gasteiger partial charge in [0.1, 0.15) is 17.1 Å². The highest BCUT2D eigenvalue weighted by Gasteiger charge is 2.16. The average Bonchev–Trinajstić information content (AvgIpc) is 2.78. The smallest absolute Gasteiger partial charge is 0.336 e. The summed E-state index contributed by atoms with van der Waals surface area (Å²) in [5.74, 6) is 0.837. The highest BCUT2D eigenvalue weighted by Crippen LogP contribution is 2.35. The zero-order valence-electron chi connectivity index (χ0n) is 17.6. The monoisotopic (exact) mass is 471 g/mol. The van der Waals surface area contributed by atoms with Crippen LogP contribution in [-0.4, -0.2) is 12.2 Å². The standard InChI is InChI=1S/C25H22ClNO4.ClH/c1-15-24(29)18(14-27-13-17-5-3-4-6-22(17)26)11-21-20(12-23(28)31-25(15)21)16-7-9-19(30-2)10-8-16;/h3-12,27,29H,13-14H2,1-2H3;1H. The molecule has 0 radical (unpaired) electrons. The van der Waals surface area contributed by atoms with E-state index in [2.05, 4.69) is 5.32 Å². The van der Waals surface area contributed by atoms with Crippen molar-refractivity contribution in [2.24, 2.45) is 0 Å². The molecule has 0 saturated heterocycles. The Kier molecular flexibility index (Phi) is 7.46. The number of ether oxygens (including phenoxy) is 1. The maximum Gasteiger partial charge on any atom is 0.336 e. The van der Waals surface area contributed by atoms with Gasteiger partial charge >= 0.3 is 5.63 Å². The third-order valence-corrected chi connectivity index (χ3v) is 5.68. The lowest BCUT2D eigenvalue weighted by molar-refractivity contribution is 0.415. The first-order valence-electron chi connectivity index (χ1n) is 9.85. The number of hydrogen-bond donors (Lipinski definition) is 2. The molecule has 0 aliphatic carbocycles. The van der Waals surface area contributed by atoms with E-state index in [-0.39, 0.29) is 18.2 Å². The molecule has 2 N–H and O–H groups in total. The van der Waals surface area contributed by atoms with Gasteiger partial charge in [-0.3, -0.25) is 0 Å². The van der Waals surface area contributed by atoms with Gasteiger partial charge in [-0.05, 0) is 47.9 Å². The summed E-state index contributed by atoms with van der Waals surface area (Å²) in [5.41, 5.74) is 3.73. The lowest BCUT2D eigenvalue weighted by Crippen LogP contribution is -2.13. The summed E-state index contributed by atoms with van der Waals surface area (Å²) in [5, 5.41) is 15.5. The average molecular weight is 472 g/mol. The maximum atomic E-state index is 12.2. The first-order chi connectivity index (χ1) is 15.0. The number of phenols is 1. The summed E-state index contributed by atoms with van der Waals surface area (Å²) in [6, 6.07) is 18.4. The zero-order chi connectivity index (χ0) is 22.0. The predicted molar refractivity (Wildman–Crippen MR) is 130 cm³/mol. The Bertz CT molecular complexity index is 1300. The minimum absolute atomic E-state index is 0. The van der Waals surface area contributed by atoms with Gasteiger partial charge in [0.2, 0.25) is 0 Å². The van der Waals surface area contributed by atoms with Crippen molar-refractivity contribution in [3.8, 4) is 22.6 Å². The van der Waals surface area contributed by atoms with Crippen molar-refractivity contribution in [1.82, 2.24) is 5.32 Å². The number of aryl methyl sites for hydroxylation is 1. The molecule has 1 aromatic heterocycles. The minimum atomic E-state index is -0.467. The molecule has 0 unspecified atom stereocenters. The number of aromatic hydroxyl groups is 1. The highest BCUT2D eigenvalue weighted by atomic mass is 35.5. The van der Waals surface area contributed by atoms with Gasteiger partial charge in [-0.15, -0.1) is 12.4 Å². The van der Waals surface area contributed by atoms with Gasteiger partial charge < -0.3 is 19.6 Å². The fourth-order valence-corrected chi connectivity index (χ4v) is 3.84. The van der Waals surface area contributed by atoms with Crippen molar-refractivity contribution in [2.45, 2.75) is 20.0 Å². The predicted octanol–water partition coefficient (Wildman–Crippen LogP) is 5.85. The van der Waals surface area contributed by atoms with Crippen molar-refractivity contribution in [1.29, 1.82) is 0 Å². The highest BCUT2D eigenvalue weighted by molar-refractivity contribution is 6.31. The van der Waals surface area contributed by atoms with Gasteiger partial charge in [-0.1, -0.05) is 41.9 Å². The summed E-state index contributed by atoms with van der Waals surface area (Å²) < 4.78 is 10.7. The van der Waals surface area contributed by atoms with Crippen LogP contribution in [0.15, 0.2) is 69.9 Å². The molecule has 3 aromatic carbocycles. The number of hydrogen-bond acceptors (Lipinski definition) is 5. The van der Waals surface area contributed by atoms with E-state index in [1.807, 2.05) is 54.6 Å². The molecule has 1 heterocycles. The number of fused-ring (bicyclic) bond motifs is 1. The molecule has 0 saturated carbocycles. The van der Waals surface area contributed by atoms with E-state index < -0.39 is 5.63 Å². The number of methoxy groups -OCH3 is 1. The summed E-state index contributed by atoms with van der Waals surface area (Å²) >= 11 is 6.23. The van der Waals surface area contributed by atoms with Crippen LogP contribution in [0.3, 0.4) is 0 Å². The third kappa shape index (κ3) is 4.75. The second-order valence-electron chi connectivity index (χ2n) is 7.29. The van der Waals surface area contributed by atoms with Crippen molar-refractivity contribution in [3.05, 3.63) is 92.8 Å². The van der Waals surface area contributed by atoms with Crippen molar-refractivity contribution in [3.63, 3.8) is 0 Å². The number of halogens is 2. The molecule has 0 amide bonds. The van der Waals surface area contributed by atoms with Gasteiger partial charge in [-0.2, -0.15) is 0 Å². The normalized spacial score (nSPS) is 10.7. The molecule has 5 nitrogen and oxygen atoms in total. The van der Waals surface area contributed by atoms with E-state index in [1.165, 1.54) is 6.07 Å². The van der Waals surface area contributed by atoms with Crippen molar-refractivity contribution in [2.75, 3.05) is 7.11 Å². The summed E-state index contributed by atoms with van der Waals surface area (Å²) in [6.07, 6.45) is 0. The number of rotatable bonds is 6. The summed E-state index contributed by atoms with van der Waals surface area (Å²) in [7, 11) is 1.61. The fraction of sp³-hybridized carbons (Fsp3) is 0.160. The van der Waals surface area contributed by atoms with E-state index in [1.54, 1.807) is 14.0 Å². The molecule has 166 valence electrons. The second-order valence-corrected chi connectivity index (χ2v) is 7.70. The lowest BCUT2D eigenvalue weighted by atomic mass is 9.97. The van der Waals surface area contributed by atoms with Gasteiger partial charge in [0.05, 0.1) is 7.11 Å². The molecule has 0 fully saturated rings. The van der Waals surface area contributed by atoms with Crippen molar-refractivity contribution >= 4 is 35.0 Å². The van der Waals surface area contributed by atoms with Gasteiger partial charge in [-0.25, -0.2) is 4.79 Å². The number of phenolic OH excluding ortho intramolecular Hbond substituents is 1. The SMILES string of the molecule is COc1ccc(-c2cc(=O)oc3c(C)c(O)c(CNCc4ccccc4Cl)cc23)cc1.Cl. The maximum absolute atomic E-state index is 12.2. The van der Waals surface area contributed by atoms with Crippen molar-refractivity contribution < 1.29 is 14.3 Å². The Morgan fingerprint density at radius 2 is 1.72 bits per heavy atom. The van der Waals surface area contributed by atoms with Crippen LogP contribution in [0.1, 0.15) is 16.7 Å². The van der Waals surface area contributed by atoms with E-state index in [9.17, 15) is 9.90 Å². The zero-order valence-corrected chi connectivity index (χ0v) is 19.2. The van der Waals surface area contributed by atoms with Crippen LogP contribution in [0.2, 0.25) is 5.02 Å². The quantitative estimate of drug-likeness (QED) is 0.345. The largest absolute Gasteiger partial charge is 0.507 e. The van der Waals surface area contributed by atoms with Crippen LogP contribution >= 0.6 is 24.0 Å². The Balaban J connectivity index is 0.00000289. The first-order valence-corrected chi connectivity index (χ1v) is 10.2. The van der Waals surface area contributed by atoms with Gasteiger partial charge in [0.25, 0.3) is 0 Å². The van der Waals surface area contributed by atoms with Gasteiger partial charge in [0, 0.05) is 40.7 Å². The van der Waals surface area contributed by atoms with Crippen LogP contribution in [0.4, 0.5) is 0 Å². The van der Waals surface area contributed by atoms with E-state index in [0.29, 0.717) is 34.8 Å². The molecule has 0 aliphatic rings. The molecule has 7 heteroatoms. The van der Waals surface area contributed by atoms with Gasteiger partial charge in [0.15, 0.2) is 0 Å². The molecular weight excluding hydrogens is 449 g/mol. The van der Waals surface area contributed by atoms with Crippen LogP contribution in [0, 0.1) is 6.92 Å². The molecular formula is C25H23Cl2NO4. The molecule has 4 rings (SSSR count). The third-order valence-electron chi connectivity index (χ3n) is 5.31. The number of benzene rings is 3. The lowest BCUT2D eigenvalue weighted by Gasteiger charge is -2.14. The summed E-state index contributed by atoms with van der Waals surface area (Å²) in [6.45, 7) is 2.73. The fourth-order valence-electron chi connectivity index (χ4n) is 3.63. The van der Waals surface area contributed by atoms with Crippen LogP contribution < -0.4 is 15.7 Å². The minimum Gasteiger partial charge on any atom is -0.507 e. The molecule has 4 aromatic rings. The van der Waals surface area contributed by atoms with Crippen LogP contribution in [0.25, 0.3) is 22.1 Å². The molecule has 0 aliphatic heterocycles. The van der Waals surface area contributed by atoms with E-state index >= 15 is 0 Å². The Morgan fingerprint density at radius 1 is 1.03 bits per heavy atom. The Labute approximate surface area is 197 Å². The second kappa shape index (κ2) is 10.1. The van der Waals surface area contributed by atoms with E-state index in [0.717, 1.165) is 27.8 Å². The molecule has 0 spiro atoms. The Hall–Kier alpha value is -2.99. The van der Waals surface area contributed by atoms with E-state index in [4.69, 9.17) is 20.8 Å². The summed E-state index contributed by atoms with van der Waals surface area (Å²) in [4.78, 5) is 12.2. The molecule has 0 bridgehead atoms. The molecule has 0 atom stereocenters. The Morgan fingerprint density at radius 3 is 2.41 bits per heavy atom. The van der Waals surface area contributed by atoms with Crippen LogP contribution in [0.5, 0.6) is 11.5 Å². The topological polar surface area (TPSA) is 71.7 Å². The first kappa shape index (κ1) is 23.7. The molecule has 32 heavy (non-hydrogen) atoms. The van der Waals surface area contributed by atoms with Crippen LogP contribution in [-0.2, 0) is 13.1 Å². The number of nitrogens with one attached hydrogen (secondary N) is 1.